The van der Waals surface area contributed by atoms with E-state index in [1.807, 2.05) is 30.3 Å². The first-order chi connectivity index (χ1) is 13.6. The quantitative estimate of drug-likeness (QED) is 0.245. The lowest BCUT2D eigenvalue weighted by Gasteiger charge is -2.23. The summed E-state index contributed by atoms with van der Waals surface area (Å²) in [7, 11) is -3.58. The average Bonchev–Trinajstić information content (AvgIpc) is 2.73. The molecular formula is C23H41O4P. The molecule has 0 saturated heterocycles. The van der Waals surface area contributed by atoms with E-state index in [0.717, 1.165) is 56.9 Å². The Morgan fingerprint density at radius 3 is 1.71 bits per heavy atom. The Morgan fingerprint density at radius 2 is 1.29 bits per heavy atom. The largest absolute Gasteiger partial charge is 0.475 e. The van der Waals surface area contributed by atoms with Crippen molar-refractivity contribution in [3.63, 3.8) is 0 Å². The second-order valence-corrected chi connectivity index (χ2v) is 9.30. The maximum atomic E-state index is 13.3. The Balaban J connectivity index is 2.69. The van der Waals surface area contributed by atoms with Crippen molar-refractivity contribution in [2.24, 2.45) is 11.8 Å². The molecule has 1 rings (SSSR count). The molecule has 0 bridgehead atoms. The molecule has 2 atom stereocenters. The van der Waals surface area contributed by atoms with Crippen LogP contribution in [0.15, 0.2) is 30.3 Å². The molecule has 0 aliphatic rings. The Bertz CT molecular complexity index is 511. The topological polar surface area (TPSA) is 44.8 Å². The van der Waals surface area contributed by atoms with Crippen LogP contribution in [0.3, 0.4) is 0 Å². The molecule has 5 heteroatoms. The molecule has 0 aliphatic carbocycles. The first-order valence-corrected chi connectivity index (χ1v) is 12.6. The minimum atomic E-state index is -3.58. The first kappa shape index (κ1) is 25.4. The fourth-order valence-corrected chi connectivity index (χ4v) is 4.35. The molecule has 162 valence electrons. The highest BCUT2D eigenvalue weighted by Crippen LogP contribution is 2.51. The molecule has 0 saturated carbocycles. The summed E-state index contributed by atoms with van der Waals surface area (Å²) >= 11 is 0. The molecule has 0 heterocycles. The summed E-state index contributed by atoms with van der Waals surface area (Å²) < 4.78 is 30.7. The van der Waals surface area contributed by atoms with Gasteiger partial charge in [0, 0.05) is 0 Å². The number of phosphoric ester groups is 1. The van der Waals surface area contributed by atoms with Crippen LogP contribution in [-0.4, -0.2) is 13.2 Å². The molecular weight excluding hydrogens is 371 g/mol. The zero-order valence-electron chi connectivity index (χ0n) is 18.4. The third-order valence-electron chi connectivity index (χ3n) is 5.26. The summed E-state index contributed by atoms with van der Waals surface area (Å²) in [6, 6.07) is 9.75. The van der Waals surface area contributed by atoms with Crippen molar-refractivity contribution in [1.82, 2.24) is 0 Å². The zero-order valence-corrected chi connectivity index (χ0v) is 19.3. The van der Waals surface area contributed by atoms with E-state index in [4.69, 9.17) is 13.6 Å². The number of phosphoric acid groups is 1. The molecule has 0 aliphatic heterocycles. The molecule has 2 unspecified atom stereocenters. The smallest absolute Gasteiger partial charge is 0.287 e. The standard InChI is InChI=1S/C23H41O4P/c1-5-9-14-21(7-3)18-25-28(24,26-19-22(8-4)15-10-6-2)27-20-23-16-12-11-13-17-23/h11-13,16-17,21-22H,5-10,14-15,18-20H2,1-4H3. The van der Waals surface area contributed by atoms with E-state index in [-0.39, 0.29) is 6.61 Å². The van der Waals surface area contributed by atoms with Gasteiger partial charge in [0.1, 0.15) is 0 Å². The van der Waals surface area contributed by atoms with Gasteiger partial charge in [0.25, 0.3) is 0 Å². The van der Waals surface area contributed by atoms with E-state index in [1.54, 1.807) is 0 Å². The van der Waals surface area contributed by atoms with Crippen LogP contribution < -0.4 is 0 Å². The number of hydrogen-bond donors (Lipinski definition) is 0. The molecule has 4 nitrogen and oxygen atoms in total. The summed E-state index contributed by atoms with van der Waals surface area (Å²) in [6.45, 7) is 9.76. The van der Waals surface area contributed by atoms with Gasteiger partial charge in [0.05, 0.1) is 19.8 Å². The second kappa shape index (κ2) is 15.2. The van der Waals surface area contributed by atoms with Crippen LogP contribution in [0.1, 0.15) is 84.6 Å². The van der Waals surface area contributed by atoms with E-state index in [2.05, 4.69) is 27.7 Å². The molecule has 0 fully saturated rings. The third kappa shape index (κ3) is 10.8. The van der Waals surface area contributed by atoms with E-state index < -0.39 is 7.82 Å². The highest BCUT2D eigenvalue weighted by atomic mass is 31.2. The van der Waals surface area contributed by atoms with Crippen LogP contribution in [0.5, 0.6) is 0 Å². The van der Waals surface area contributed by atoms with E-state index in [1.165, 1.54) is 0 Å². The van der Waals surface area contributed by atoms with E-state index >= 15 is 0 Å². The molecule has 0 amide bonds. The normalized spacial score (nSPS) is 15.9. The van der Waals surface area contributed by atoms with Crippen molar-refractivity contribution in [2.45, 2.75) is 85.7 Å². The zero-order chi connectivity index (χ0) is 20.7. The fraction of sp³-hybridized carbons (Fsp3) is 0.739. The summed E-state index contributed by atoms with van der Waals surface area (Å²) in [5.41, 5.74) is 0.964. The minimum absolute atomic E-state index is 0.232. The lowest BCUT2D eigenvalue weighted by Crippen LogP contribution is -2.13. The Kier molecular flexibility index (Phi) is 13.8. The Hall–Kier alpha value is -0.670. The van der Waals surface area contributed by atoms with Crippen LogP contribution >= 0.6 is 7.82 Å². The van der Waals surface area contributed by atoms with E-state index in [0.29, 0.717) is 25.0 Å². The number of unbranched alkanes of at least 4 members (excludes halogenated alkanes) is 2. The predicted octanol–water partition coefficient (Wildman–Crippen LogP) is 7.78. The summed E-state index contributed by atoms with van der Waals surface area (Å²) in [5.74, 6) is 0.776. The van der Waals surface area contributed by atoms with Gasteiger partial charge in [-0.3, -0.25) is 13.6 Å². The van der Waals surface area contributed by atoms with Crippen molar-refractivity contribution < 1.29 is 18.1 Å². The summed E-state index contributed by atoms with van der Waals surface area (Å²) in [6.07, 6.45) is 8.81. The van der Waals surface area contributed by atoms with Gasteiger partial charge in [0.15, 0.2) is 0 Å². The monoisotopic (exact) mass is 412 g/mol. The van der Waals surface area contributed by atoms with Crippen molar-refractivity contribution in [1.29, 1.82) is 0 Å². The van der Waals surface area contributed by atoms with Crippen molar-refractivity contribution in [3.8, 4) is 0 Å². The van der Waals surface area contributed by atoms with Crippen LogP contribution in [0.4, 0.5) is 0 Å². The molecule has 0 N–H and O–H groups in total. The second-order valence-electron chi connectivity index (χ2n) is 7.63. The highest BCUT2D eigenvalue weighted by molar-refractivity contribution is 7.48. The average molecular weight is 413 g/mol. The summed E-state index contributed by atoms with van der Waals surface area (Å²) in [4.78, 5) is 0. The Labute approximate surface area is 173 Å². The van der Waals surface area contributed by atoms with Gasteiger partial charge in [-0.2, -0.15) is 0 Å². The van der Waals surface area contributed by atoms with Crippen molar-refractivity contribution in [3.05, 3.63) is 35.9 Å². The maximum absolute atomic E-state index is 13.3. The van der Waals surface area contributed by atoms with Gasteiger partial charge in [-0.25, -0.2) is 4.57 Å². The number of rotatable bonds is 17. The van der Waals surface area contributed by atoms with Gasteiger partial charge in [-0.1, -0.05) is 96.6 Å². The molecule has 28 heavy (non-hydrogen) atoms. The van der Waals surface area contributed by atoms with E-state index in [9.17, 15) is 4.57 Å². The molecule has 0 spiro atoms. The molecule has 1 aromatic carbocycles. The number of hydrogen-bond acceptors (Lipinski definition) is 4. The van der Waals surface area contributed by atoms with Crippen molar-refractivity contribution in [2.75, 3.05) is 13.2 Å². The lowest BCUT2D eigenvalue weighted by atomic mass is 10.0. The van der Waals surface area contributed by atoms with Gasteiger partial charge in [-0.05, 0) is 30.2 Å². The lowest BCUT2D eigenvalue weighted by molar-refractivity contribution is 0.0802. The van der Waals surface area contributed by atoms with Gasteiger partial charge in [0.2, 0.25) is 0 Å². The highest BCUT2D eigenvalue weighted by Gasteiger charge is 2.29. The van der Waals surface area contributed by atoms with Gasteiger partial charge < -0.3 is 0 Å². The van der Waals surface area contributed by atoms with Crippen LogP contribution in [-0.2, 0) is 24.7 Å². The minimum Gasteiger partial charge on any atom is -0.287 e. The number of benzene rings is 1. The first-order valence-electron chi connectivity index (χ1n) is 11.1. The predicted molar refractivity (Wildman–Crippen MR) is 117 cm³/mol. The SMILES string of the molecule is CCCCC(CC)COP(=O)(OCc1ccccc1)OCC(CC)CCCC. The Morgan fingerprint density at radius 1 is 0.786 bits per heavy atom. The van der Waals surface area contributed by atoms with Gasteiger partial charge >= 0.3 is 7.82 Å². The maximum Gasteiger partial charge on any atom is 0.475 e. The summed E-state index contributed by atoms with van der Waals surface area (Å²) in [5, 5.41) is 0. The molecule has 0 aromatic heterocycles. The van der Waals surface area contributed by atoms with Crippen molar-refractivity contribution >= 4 is 7.82 Å². The fourth-order valence-electron chi connectivity index (χ4n) is 3.03. The third-order valence-corrected chi connectivity index (χ3v) is 6.63. The van der Waals surface area contributed by atoms with Crippen LogP contribution in [0.2, 0.25) is 0 Å². The molecule has 0 radical (unpaired) electrons. The molecule has 1 aromatic rings. The van der Waals surface area contributed by atoms with Crippen LogP contribution in [0, 0.1) is 11.8 Å². The van der Waals surface area contributed by atoms with Gasteiger partial charge in [-0.15, -0.1) is 0 Å². The van der Waals surface area contributed by atoms with Crippen LogP contribution in [0.25, 0.3) is 0 Å².